The molecule has 1 N–H and O–H groups in total. The van der Waals surface area contributed by atoms with Crippen molar-refractivity contribution in [3.05, 3.63) is 54.1 Å². The Morgan fingerprint density at radius 1 is 1.38 bits per heavy atom. The predicted molar refractivity (Wildman–Crippen MR) is 80.0 cm³/mol. The molecule has 108 valence electrons. The molecule has 0 saturated carbocycles. The van der Waals surface area contributed by atoms with Crippen molar-refractivity contribution in [1.29, 1.82) is 0 Å². The van der Waals surface area contributed by atoms with Crippen LogP contribution in [0, 0.1) is 0 Å². The summed E-state index contributed by atoms with van der Waals surface area (Å²) in [6.07, 6.45) is 8.04. The van der Waals surface area contributed by atoms with Crippen LogP contribution in [0.1, 0.15) is 17.3 Å². The van der Waals surface area contributed by atoms with Gasteiger partial charge in [0.05, 0.1) is 25.3 Å². The van der Waals surface area contributed by atoms with E-state index in [9.17, 15) is 4.79 Å². The van der Waals surface area contributed by atoms with Crippen LogP contribution in [-0.4, -0.2) is 29.1 Å². The Bertz CT molecular complexity index is 658. The van der Waals surface area contributed by atoms with Gasteiger partial charge in [-0.2, -0.15) is 0 Å². The van der Waals surface area contributed by atoms with E-state index in [0.717, 1.165) is 17.9 Å². The van der Waals surface area contributed by atoms with E-state index in [1.807, 2.05) is 41.0 Å². The smallest absolute Gasteiger partial charge is 0.247 e. The SMILES string of the molecule is COc1ccc(CCNC(=O)C2C=Cc3cncn32)cc1. The third-order valence-corrected chi connectivity index (χ3v) is 3.59. The number of carbonyl (C=O) groups excluding carboxylic acids is 1. The van der Waals surface area contributed by atoms with Gasteiger partial charge in [-0.15, -0.1) is 0 Å². The zero-order chi connectivity index (χ0) is 14.7. The molecule has 1 amide bonds. The van der Waals surface area contributed by atoms with Crippen LogP contribution in [0.2, 0.25) is 0 Å². The summed E-state index contributed by atoms with van der Waals surface area (Å²) in [7, 11) is 1.65. The summed E-state index contributed by atoms with van der Waals surface area (Å²) < 4.78 is 6.98. The van der Waals surface area contributed by atoms with E-state index in [2.05, 4.69) is 10.3 Å². The number of ether oxygens (including phenoxy) is 1. The number of carbonyl (C=O) groups is 1. The van der Waals surface area contributed by atoms with Crippen LogP contribution < -0.4 is 10.1 Å². The number of methoxy groups -OCH3 is 1. The highest BCUT2D eigenvalue weighted by Crippen LogP contribution is 2.21. The Labute approximate surface area is 123 Å². The molecule has 0 bridgehead atoms. The van der Waals surface area contributed by atoms with E-state index in [4.69, 9.17) is 4.74 Å². The van der Waals surface area contributed by atoms with Crippen molar-refractivity contribution in [3.63, 3.8) is 0 Å². The average Bonchev–Trinajstić information content (AvgIpc) is 3.10. The minimum atomic E-state index is -0.279. The normalized spacial score (nSPS) is 15.8. The summed E-state index contributed by atoms with van der Waals surface area (Å²) in [5.41, 5.74) is 2.13. The maximum Gasteiger partial charge on any atom is 0.247 e. The number of benzene rings is 1. The summed E-state index contributed by atoms with van der Waals surface area (Å²) in [6, 6.07) is 7.59. The van der Waals surface area contributed by atoms with Crippen molar-refractivity contribution >= 4 is 12.0 Å². The summed E-state index contributed by atoms with van der Waals surface area (Å²) in [5.74, 6) is 0.836. The molecule has 2 aromatic rings. The lowest BCUT2D eigenvalue weighted by Gasteiger charge is -2.12. The number of hydrogen-bond donors (Lipinski definition) is 1. The van der Waals surface area contributed by atoms with Crippen LogP contribution >= 0.6 is 0 Å². The van der Waals surface area contributed by atoms with Crippen molar-refractivity contribution in [2.24, 2.45) is 0 Å². The molecule has 5 nitrogen and oxygen atoms in total. The van der Waals surface area contributed by atoms with Crippen molar-refractivity contribution in [2.75, 3.05) is 13.7 Å². The number of rotatable bonds is 5. The summed E-state index contributed by atoms with van der Waals surface area (Å²) in [4.78, 5) is 16.2. The molecular formula is C16H17N3O2. The number of aromatic nitrogens is 2. The second kappa shape index (κ2) is 5.83. The molecule has 1 unspecified atom stereocenters. The van der Waals surface area contributed by atoms with E-state index in [-0.39, 0.29) is 11.9 Å². The zero-order valence-electron chi connectivity index (χ0n) is 11.8. The molecule has 1 aromatic heterocycles. The first kappa shape index (κ1) is 13.4. The first-order chi connectivity index (χ1) is 10.3. The number of fused-ring (bicyclic) bond motifs is 1. The first-order valence-corrected chi connectivity index (χ1v) is 6.88. The Kier molecular flexibility index (Phi) is 3.73. The standard InChI is InChI=1S/C16H17N3O2/c1-21-14-5-2-12(3-6-14)8-9-18-16(20)15-7-4-13-10-17-11-19(13)15/h2-7,10-11,15H,8-9H2,1H3,(H,18,20). The van der Waals surface area contributed by atoms with Gasteiger partial charge in [0.15, 0.2) is 0 Å². The fraction of sp³-hybridized carbons (Fsp3) is 0.250. The molecule has 0 aliphatic carbocycles. The van der Waals surface area contributed by atoms with Crippen LogP contribution in [0.15, 0.2) is 42.9 Å². The molecule has 1 aliphatic heterocycles. The van der Waals surface area contributed by atoms with Crippen molar-refractivity contribution in [2.45, 2.75) is 12.5 Å². The van der Waals surface area contributed by atoms with E-state index in [1.165, 1.54) is 5.56 Å². The summed E-state index contributed by atoms with van der Waals surface area (Å²) in [5, 5.41) is 2.96. The van der Waals surface area contributed by atoms with Crippen molar-refractivity contribution < 1.29 is 9.53 Å². The topological polar surface area (TPSA) is 56.1 Å². The van der Waals surface area contributed by atoms with Gasteiger partial charge in [0.25, 0.3) is 0 Å². The minimum Gasteiger partial charge on any atom is -0.497 e. The van der Waals surface area contributed by atoms with E-state index in [1.54, 1.807) is 19.6 Å². The number of amides is 1. The Morgan fingerprint density at radius 3 is 2.95 bits per heavy atom. The molecule has 1 aromatic carbocycles. The zero-order valence-corrected chi connectivity index (χ0v) is 11.8. The van der Waals surface area contributed by atoms with Gasteiger partial charge in [-0.1, -0.05) is 18.2 Å². The van der Waals surface area contributed by atoms with Gasteiger partial charge >= 0.3 is 0 Å². The molecular weight excluding hydrogens is 266 g/mol. The highest BCUT2D eigenvalue weighted by atomic mass is 16.5. The summed E-state index contributed by atoms with van der Waals surface area (Å²) in [6.45, 7) is 0.611. The molecule has 3 rings (SSSR count). The minimum absolute atomic E-state index is 0.00323. The molecule has 2 heterocycles. The predicted octanol–water partition coefficient (Wildman–Crippen LogP) is 1.82. The maximum absolute atomic E-state index is 12.2. The lowest BCUT2D eigenvalue weighted by atomic mass is 10.1. The Balaban J connectivity index is 1.51. The van der Waals surface area contributed by atoms with Crippen LogP contribution in [0.4, 0.5) is 0 Å². The van der Waals surface area contributed by atoms with Gasteiger partial charge in [0.1, 0.15) is 11.8 Å². The number of hydrogen-bond acceptors (Lipinski definition) is 3. The molecule has 5 heteroatoms. The maximum atomic E-state index is 12.2. The largest absolute Gasteiger partial charge is 0.497 e. The lowest BCUT2D eigenvalue weighted by molar-refractivity contribution is -0.122. The van der Waals surface area contributed by atoms with Gasteiger partial charge in [-0.3, -0.25) is 4.79 Å². The quantitative estimate of drug-likeness (QED) is 0.910. The monoisotopic (exact) mass is 283 g/mol. The molecule has 21 heavy (non-hydrogen) atoms. The Hall–Kier alpha value is -2.56. The highest BCUT2D eigenvalue weighted by molar-refractivity contribution is 5.84. The number of nitrogens with zero attached hydrogens (tertiary/aromatic N) is 2. The molecule has 0 saturated heterocycles. The third-order valence-electron chi connectivity index (χ3n) is 3.59. The molecule has 1 aliphatic rings. The fourth-order valence-corrected chi connectivity index (χ4v) is 2.40. The highest BCUT2D eigenvalue weighted by Gasteiger charge is 2.22. The van der Waals surface area contributed by atoms with Crippen LogP contribution in [0.5, 0.6) is 5.75 Å². The van der Waals surface area contributed by atoms with E-state index in [0.29, 0.717) is 6.54 Å². The van der Waals surface area contributed by atoms with Gasteiger partial charge in [-0.25, -0.2) is 4.98 Å². The average molecular weight is 283 g/mol. The number of nitrogens with one attached hydrogen (secondary N) is 1. The van der Waals surface area contributed by atoms with Crippen molar-refractivity contribution in [1.82, 2.24) is 14.9 Å². The van der Waals surface area contributed by atoms with Gasteiger partial charge in [0.2, 0.25) is 5.91 Å². The molecule has 1 atom stereocenters. The Morgan fingerprint density at radius 2 is 2.19 bits per heavy atom. The van der Waals surface area contributed by atoms with Gasteiger partial charge < -0.3 is 14.6 Å². The van der Waals surface area contributed by atoms with E-state index >= 15 is 0 Å². The van der Waals surface area contributed by atoms with Crippen molar-refractivity contribution in [3.8, 4) is 5.75 Å². The van der Waals surface area contributed by atoms with Crippen LogP contribution in [0.25, 0.3) is 6.08 Å². The number of imidazole rings is 1. The van der Waals surface area contributed by atoms with Crippen LogP contribution in [0.3, 0.4) is 0 Å². The summed E-state index contributed by atoms with van der Waals surface area (Å²) >= 11 is 0. The second-order valence-electron chi connectivity index (χ2n) is 4.92. The van der Waals surface area contributed by atoms with Gasteiger partial charge in [-0.05, 0) is 30.2 Å². The lowest BCUT2D eigenvalue weighted by Crippen LogP contribution is -2.32. The molecule has 0 fully saturated rings. The third kappa shape index (κ3) is 2.81. The second-order valence-corrected chi connectivity index (χ2v) is 4.92. The first-order valence-electron chi connectivity index (χ1n) is 6.88. The fourth-order valence-electron chi connectivity index (χ4n) is 2.40. The molecule has 0 spiro atoms. The van der Waals surface area contributed by atoms with Crippen LogP contribution in [-0.2, 0) is 11.2 Å². The molecule has 0 radical (unpaired) electrons. The van der Waals surface area contributed by atoms with Gasteiger partial charge in [0, 0.05) is 6.54 Å². The van der Waals surface area contributed by atoms with E-state index < -0.39 is 0 Å².